The Bertz CT molecular complexity index is 234. The predicted octanol–water partition coefficient (Wildman–Crippen LogP) is 1.85. The van der Waals surface area contributed by atoms with E-state index in [0.29, 0.717) is 17.7 Å². The summed E-state index contributed by atoms with van der Waals surface area (Å²) >= 11 is 3.16. The Kier molecular flexibility index (Phi) is 3.78. The topological polar surface area (TPSA) is 42.6 Å². The molecule has 1 unspecified atom stereocenters. The first-order valence-corrected chi connectivity index (χ1v) is 4.71. The fourth-order valence-corrected chi connectivity index (χ4v) is 1.19. The van der Waals surface area contributed by atoms with Crippen molar-refractivity contribution in [2.45, 2.75) is 12.7 Å². The summed E-state index contributed by atoms with van der Waals surface area (Å²) < 4.78 is 10.1. The highest BCUT2D eigenvalue weighted by atomic mass is 79.9. The van der Waals surface area contributed by atoms with Crippen LogP contribution in [-0.4, -0.2) is 17.5 Å². The highest BCUT2D eigenvalue weighted by Gasteiger charge is 2.10. The molecule has 1 aromatic rings. The van der Waals surface area contributed by atoms with Gasteiger partial charge < -0.3 is 14.3 Å². The van der Waals surface area contributed by atoms with Crippen LogP contribution in [0.2, 0.25) is 0 Å². The lowest BCUT2D eigenvalue weighted by Gasteiger charge is -2.01. The quantitative estimate of drug-likeness (QED) is 0.810. The molecule has 0 saturated heterocycles. The van der Waals surface area contributed by atoms with Crippen molar-refractivity contribution in [1.29, 1.82) is 0 Å². The molecule has 3 nitrogen and oxygen atoms in total. The Morgan fingerprint density at radius 3 is 3.00 bits per heavy atom. The summed E-state index contributed by atoms with van der Waals surface area (Å²) in [6.07, 6.45) is -0.574. The fourth-order valence-electron chi connectivity index (χ4n) is 0.869. The van der Waals surface area contributed by atoms with Crippen molar-refractivity contribution < 1.29 is 14.3 Å². The molecule has 1 heterocycles. The first kappa shape index (κ1) is 9.77. The number of methoxy groups -OCH3 is 1. The van der Waals surface area contributed by atoms with Crippen molar-refractivity contribution in [3.05, 3.63) is 23.7 Å². The van der Waals surface area contributed by atoms with E-state index >= 15 is 0 Å². The van der Waals surface area contributed by atoms with E-state index in [-0.39, 0.29) is 0 Å². The molecule has 0 aromatic carbocycles. The summed E-state index contributed by atoms with van der Waals surface area (Å²) in [5.74, 6) is 1.30. The predicted molar refractivity (Wildman–Crippen MR) is 48.2 cm³/mol. The average Bonchev–Trinajstić information content (AvgIpc) is 2.52. The number of hydrogen-bond donors (Lipinski definition) is 1. The summed E-state index contributed by atoms with van der Waals surface area (Å²) in [5, 5.41) is 9.81. The third-order valence-electron chi connectivity index (χ3n) is 1.44. The molecule has 0 spiro atoms. The van der Waals surface area contributed by atoms with E-state index in [9.17, 15) is 5.11 Å². The summed E-state index contributed by atoms with van der Waals surface area (Å²) in [6.45, 7) is 0.439. The van der Waals surface area contributed by atoms with E-state index in [2.05, 4.69) is 15.9 Å². The van der Waals surface area contributed by atoms with Crippen LogP contribution in [0.3, 0.4) is 0 Å². The Morgan fingerprint density at radius 1 is 1.67 bits per heavy atom. The van der Waals surface area contributed by atoms with Gasteiger partial charge in [0.2, 0.25) is 0 Å². The Labute approximate surface area is 79.5 Å². The number of aliphatic hydroxyl groups is 1. The summed E-state index contributed by atoms with van der Waals surface area (Å²) in [5.41, 5.74) is 0. The first-order chi connectivity index (χ1) is 5.77. The largest absolute Gasteiger partial charge is 0.461 e. The maximum atomic E-state index is 9.33. The molecule has 1 N–H and O–H groups in total. The molecule has 1 atom stereocenters. The van der Waals surface area contributed by atoms with E-state index in [1.54, 1.807) is 19.2 Å². The van der Waals surface area contributed by atoms with Gasteiger partial charge in [0.1, 0.15) is 24.2 Å². The molecule has 1 aromatic heterocycles. The molecule has 0 aliphatic carbocycles. The van der Waals surface area contributed by atoms with E-state index in [0.717, 1.165) is 5.76 Å². The van der Waals surface area contributed by atoms with E-state index in [1.165, 1.54) is 0 Å². The van der Waals surface area contributed by atoms with Crippen molar-refractivity contribution in [1.82, 2.24) is 0 Å². The minimum absolute atomic E-state index is 0.439. The minimum atomic E-state index is -0.574. The van der Waals surface area contributed by atoms with Gasteiger partial charge in [-0.1, -0.05) is 15.9 Å². The standard InChI is InChI=1S/C8H11BrO3/c1-11-5-6-2-3-8(12-6)7(10)4-9/h2-3,7,10H,4-5H2,1H3. The van der Waals surface area contributed by atoms with Crippen molar-refractivity contribution in [3.63, 3.8) is 0 Å². The Morgan fingerprint density at radius 2 is 2.42 bits per heavy atom. The van der Waals surface area contributed by atoms with Crippen molar-refractivity contribution in [2.75, 3.05) is 12.4 Å². The second-order valence-corrected chi connectivity index (χ2v) is 3.05. The minimum Gasteiger partial charge on any atom is -0.461 e. The van der Waals surface area contributed by atoms with Gasteiger partial charge in [0.15, 0.2) is 0 Å². The zero-order valence-electron chi connectivity index (χ0n) is 6.79. The summed E-state index contributed by atoms with van der Waals surface area (Å²) in [7, 11) is 1.60. The maximum absolute atomic E-state index is 9.33. The summed E-state index contributed by atoms with van der Waals surface area (Å²) in [6, 6.07) is 3.55. The normalized spacial score (nSPS) is 13.2. The van der Waals surface area contributed by atoms with Crippen LogP contribution in [0.1, 0.15) is 17.6 Å². The van der Waals surface area contributed by atoms with Crippen molar-refractivity contribution in [2.24, 2.45) is 0 Å². The van der Waals surface area contributed by atoms with Crippen LogP contribution < -0.4 is 0 Å². The summed E-state index contributed by atoms with van der Waals surface area (Å²) in [4.78, 5) is 0. The smallest absolute Gasteiger partial charge is 0.133 e. The van der Waals surface area contributed by atoms with E-state index in [1.807, 2.05) is 0 Å². The monoisotopic (exact) mass is 234 g/mol. The Balaban J connectivity index is 2.63. The molecular formula is C8H11BrO3. The van der Waals surface area contributed by atoms with Crippen molar-refractivity contribution in [3.8, 4) is 0 Å². The van der Waals surface area contributed by atoms with Gasteiger partial charge in [-0.15, -0.1) is 0 Å². The van der Waals surface area contributed by atoms with Crippen LogP contribution in [0.4, 0.5) is 0 Å². The SMILES string of the molecule is COCc1ccc(C(O)CBr)o1. The molecule has 12 heavy (non-hydrogen) atoms. The molecule has 68 valence electrons. The number of hydrogen-bond acceptors (Lipinski definition) is 3. The van der Waals surface area contributed by atoms with Crippen LogP contribution in [0.25, 0.3) is 0 Å². The molecule has 0 fully saturated rings. The van der Waals surface area contributed by atoms with Crippen LogP contribution in [0, 0.1) is 0 Å². The highest BCUT2D eigenvalue weighted by molar-refractivity contribution is 9.09. The molecule has 4 heteroatoms. The molecule has 1 rings (SSSR count). The van der Waals surface area contributed by atoms with Gasteiger partial charge in [0.25, 0.3) is 0 Å². The van der Waals surface area contributed by atoms with Crippen LogP contribution >= 0.6 is 15.9 Å². The number of ether oxygens (including phenoxy) is 1. The highest BCUT2D eigenvalue weighted by Crippen LogP contribution is 2.18. The molecule has 0 aliphatic rings. The first-order valence-electron chi connectivity index (χ1n) is 3.59. The lowest BCUT2D eigenvalue weighted by atomic mass is 10.3. The van der Waals surface area contributed by atoms with Gasteiger partial charge in [0.05, 0.1) is 0 Å². The van der Waals surface area contributed by atoms with Gasteiger partial charge in [-0.25, -0.2) is 0 Å². The van der Waals surface area contributed by atoms with Gasteiger partial charge >= 0.3 is 0 Å². The number of rotatable bonds is 4. The molecule has 0 saturated carbocycles. The van der Waals surface area contributed by atoms with Crippen LogP contribution in [0.5, 0.6) is 0 Å². The average molecular weight is 235 g/mol. The van der Waals surface area contributed by atoms with Gasteiger partial charge in [-0.2, -0.15) is 0 Å². The van der Waals surface area contributed by atoms with Crippen molar-refractivity contribution >= 4 is 15.9 Å². The van der Waals surface area contributed by atoms with Gasteiger partial charge in [-0.05, 0) is 12.1 Å². The fraction of sp³-hybridized carbons (Fsp3) is 0.500. The molecule has 0 amide bonds. The Hall–Kier alpha value is -0.320. The van der Waals surface area contributed by atoms with Crippen LogP contribution in [-0.2, 0) is 11.3 Å². The number of aliphatic hydroxyl groups excluding tert-OH is 1. The third-order valence-corrected chi connectivity index (χ3v) is 2.06. The molecule has 0 aliphatic heterocycles. The lowest BCUT2D eigenvalue weighted by molar-refractivity contribution is 0.144. The zero-order valence-corrected chi connectivity index (χ0v) is 8.37. The maximum Gasteiger partial charge on any atom is 0.133 e. The number of halogens is 1. The van der Waals surface area contributed by atoms with Crippen LogP contribution in [0.15, 0.2) is 16.5 Å². The van der Waals surface area contributed by atoms with E-state index < -0.39 is 6.10 Å². The second kappa shape index (κ2) is 4.64. The third kappa shape index (κ3) is 2.33. The van der Waals surface area contributed by atoms with Gasteiger partial charge in [0, 0.05) is 12.4 Å². The number of alkyl halides is 1. The molecule has 0 radical (unpaired) electrons. The lowest BCUT2D eigenvalue weighted by Crippen LogP contribution is -1.95. The van der Waals surface area contributed by atoms with E-state index in [4.69, 9.17) is 9.15 Å². The second-order valence-electron chi connectivity index (χ2n) is 2.41. The van der Waals surface area contributed by atoms with Gasteiger partial charge in [-0.3, -0.25) is 0 Å². The molecule has 0 bridgehead atoms. The molecular weight excluding hydrogens is 224 g/mol. The zero-order chi connectivity index (χ0) is 8.97. The number of furan rings is 1.